The summed E-state index contributed by atoms with van der Waals surface area (Å²) in [5.74, 6) is 4.26. The van der Waals surface area contributed by atoms with Crippen molar-refractivity contribution >= 4 is 11.8 Å². The predicted octanol–water partition coefficient (Wildman–Crippen LogP) is 4.68. The van der Waals surface area contributed by atoms with Gasteiger partial charge in [-0.15, -0.1) is 0 Å². The Bertz CT molecular complexity index is 311. The molecule has 0 radical (unpaired) electrons. The summed E-state index contributed by atoms with van der Waals surface area (Å²) < 4.78 is 0. The molecule has 0 aromatic carbocycles. The Labute approximate surface area is 105 Å². The Hall–Kier alpha value is -0.170. The lowest BCUT2D eigenvalue weighted by atomic mass is 9.50. The van der Waals surface area contributed by atoms with E-state index in [1.807, 2.05) is 11.8 Å². The van der Waals surface area contributed by atoms with Crippen LogP contribution >= 0.6 is 11.8 Å². The number of rotatable bonds is 5. The van der Waals surface area contributed by atoms with E-state index >= 15 is 0 Å². The van der Waals surface area contributed by atoms with Gasteiger partial charge in [0.25, 0.3) is 0 Å². The quantitative estimate of drug-likeness (QED) is 0.493. The van der Waals surface area contributed by atoms with Crippen molar-refractivity contribution < 1.29 is 0 Å². The van der Waals surface area contributed by atoms with Gasteiger partial charge >= 0.3 is 0 Å². The topological polar surface area (TPSA) is 0 Å². The molecule has 0 saturated heterocycles. The van der Waals surface area contributed by atoms with Crippen LogP contribution in [0.25, 0.3) is 0 Å². The molecule has 2 bridgehead atoms. The first-order valence-electron chi connectivity index (χ1n) is 6.42. The number of hydrogen-bond donors (Lipinski definition) is 0. The van der Waals surface area contributed by atoms with Crippen LogP contribution in [0.1, 0.15) is 40.0 Å². The van der Waals surface area contributed by atoms with Gasteiger partial charge in [-0.1, -0.05) is 37.6 Å². The van der Waals surface area contributed by atoms with Crippen LogP contribution in [0.3, 0.4) is 0 Å². The number of allylic oxidation sites excluding steroid dienone is 2. The molecule has 0 N–H and O–H groups in total. The van der Waals surface area contributed by atoms with Gasteiger partial charge in [0, 0.05) is 5.75 Å². The van der Waals surface area contributed by atoms with Gasteiger partial charge in [0.05, 0.1) is 0 Å². The Morgan fingerprint density at radius 1 is 1.56 bits per heavy atom. The van der Waals surface area contributed by atoms with Crippen molar-refractivity contribution in [1.29, 1.82) is 0 Å². The molecule has 1 saturated carbocycles. The second-order valence-electron chi connectivity index (χ2n) is 6.15. The van der Waals surface area contributed by atoms with E-state index in [0.29, 0.717) is 5.41 Å². The summed E-state index contributed by atoms with van der Waals surface area (Å²) in [6.45, 7) is 10.9. The molecule has 0 spiro atoms. The third-order valence-corrected chi connectivity index (χ3v) is 5.60. The molecule has 3 rings (SSSR count). The van der Waals surface area contributed by atoms with E-state index in [4.69, 9.17) is 0 Å². The maximum Gasteiger partial charge on any atom is 0.0137 e. The summed E-state index contributed by atoms with van der Waals surface area (Å²) in [7, 11) is 0. The lowest BCUT2D eigenvalue weighted by Gasteiger charge is -2.55. The van der Waals surface area contributed by atoms with Gasteiger partial charge in [0.2, 0.25) is 0 Å². The van der Waals surface area contributed by atoms with Crippen LogP contribution in [0, 0.1) is 17.3 Å². The van der Waals surface area contributed by atoms with Gasteiger partial charge in [0.1, 0.15) is 0 Å². The Morgan fingerprint density at radius 3 is 2.81 bits per heavy atom. The first-order chi connectivity index (χ1) is 7.50. The smallest absolute Gasteiger partial charge is 0.0137 e. The van der Waals surface area contributed by atoms with E-state index in [2.05, 4.69) is 33.4 Å². The van der Waals surface area contributed by atoms with Crippen molar-refractivity contribution in [2.45, 2.75) is 40.0 Å². The number of hydrogen-bond acceptors (Lipinski definition) is 1. The summed E-state index contributed by atoms with van der Waals surface area (Å²) >= 11 is 2.03. The SMILES string of the molecule is C=C(C)CSCCC1=C[C@@H]2C[C@@H](C1)C2(C)C. The molecule has 0 aromatic heterocycles. The molecule has 3 aliphatic carbocycles. The van der Waals surface area contributed by atoms with Crippen LogP contribution in [-0.2, 0) is 0 Å². The highest BCUT2D eigenvalue weighted by molar-refractivity contribution is 7.99. The molecule has 1 fully saturated rings. The van der Waals surface area contributed by atoms with Crippen LogP contribution in [-0.4, -0.2) is 11.5 Å². The lowest BCUT2D eigenvalue weighted by Crippen LogP contribution is -2.46. The minimum atomic E-state index is 0.606. The molecule has 16 heavy (non-hydrogen) atoms. The summed E-state index contributed by atoms with van der Waals surface area (Å²) in [4.78, 5) is 0. The highest BCUT2D eigenvalue weighted by Gasteiger charge is 2.49. The zero-order chi connectivity index (χ0) is 11.8. The van der Waals surface area contributed by atoms with Crippen molar-refractivity contribution in [1.82, 2.24) is 0 Å². The van der Waals surface area contributed by atoms with E-state index in [9.17, 15) is 0 Å². The first-order valence-corrected chi connectivity index (χ1v) is 7.57. The lowest BCUT2D eigenvalue weighted by molar-refractivity contribution is -0.00146. The van der Waals surface area contributed by atoms with Gasteiger partial charge in [-0.3, -0.25) is 0 Å². The first kappa shape index (κ1) is 12.3. The second-order valence-corrected chi connectivity index (χ2v) is 7.25. The van der Waals surface area contributed by atoms with E-state index in [-0.39, 0.29) is 0 Å². The number of thioether (sulfide) groups is 1. The van der Waals surface area contributed by atoms with Crippen LogP contribution < -0.4 is 0 Å². The molecular formula is C15H24S. The van der Waals surface area contributed by atoms with Crippen LogP contribution in [0.15, 0.2) is 23.8 Å². The average Bonchev–Trinajstić information content (AvgIpc) is 2.24. The third kappa shape index (κ3) is 2.40. The van der Waals surface area contributed by atoms with E-state index in [0.717, 1.165) is 17.6 Å². The van der Waals surface area contributed by atoms with E-state index < -0.39 is 0 Å². The molecule has 0 amide bonds. The second kappa shape index (κ2) is 4.60. The molecule has 1 heteroatoms. The van der Waals surface area contributed by atoms with Crippen molar-refractivity contribution in [3.8, 4) is 0 Å². The van der Waals surface area contributed by atoms with Crippen LogP contribution in [0.4, 0.5) is 0 Å². The Morgan fingerprint density at radius 2 is 2.31 bits per heavy atom. The van der Waals surface area contributed by atoms with Crippen molar-refractivity contribution in [3.63, 3.8) is 0 Å². The minimum absolute atomic E-state index is 0.606. The fraction of sp³-hybridized carbons (Fsp3) is 0.733. The molecule has 2 atom stereocenters. The molecule has 0 nitrogen and oxygen atoms in total. The van der Waals surface area contributed by atoms with E-state index in [1.54, 1.807) is 5.57 Å². The summed E-state index contributed by atoms with van der Waals surface area (Å²) in [6.07, 6.45) is 6.72. The highest BCUT2D eigenvalue weighted by atomic mass is 32.2. The van der Waals surface area contributed by atoms with Gasteiger partial charge in [-0.2, -0.15) is 11.8 Å². The molecule has 0 unspecified atom stereocenters. The summed E-state index contributed by atoms with van der Waals surface area (Å²) in [5, 5.41) is 0. The highest BCUT2D eigenvalue weighted by Crippen LogP contribution is 2.58. The monoisotopic (exact) mass is 236 g/mol. The predicted molar refractivity (Wildman–Crippen MR) is 74.8 cm³/mol. The zero-order valence-corrected chi connectivity index (χ0v) is 11.7. The van der Waals surface area contributed by atoms with Crippen LogP contribution in [0.2, 0.25) is 0 Å². The molecular weight excluding hydrogens is 212 g/mol. The maximum absolute atomic E-state index is 3.94. The zero-order valence-electron chi connectivity index (χ0n) is 10.9. The van der Waals surface area contributed by atoms with E-state index in [1.165, 1.54) is 30.6 Å². The molecule has 3 aliphatic rings. The molecule has 0 aromatic rings. The van der Waals surface area contributed by atoms with Gasteiger partial charge in [0.15, 0.2) is 0 Å². The Balaban J connectivity index is 1.75. The standard InChI is InChI=1S/C15H24S/c1-11(2)10-16-6-5-12-7-13-9-14(8-12)15(13,3)4/h7,13-14H,1,5-6,8-10H2,2-4H3/t13-,14-/m1/s1. The molecule has 0 heterocycles. The maximum atomic E-state index is 3.94. The van der Waals surface area contributed by atoms with Crippen LogP contribution in [0.5, 0.6) is 0 Å². The third-order valence-electron chi connectivity index (χ3n) is 4.41. The Kier molecular flexibility index (Phi) is 3.53. The minimum Gasteiger partial charge on any atom is -0.157 e. The van der Waals surface area contributed by atoms with Gasteiger partial charge < -0.3 is 0 Å². The van der Waals surface area contributed by atoms with Gasteiger partial charge in [-0.05, 0) is 49.2 Å². The largest absolute Gasteiger partial charge is 0.157 e. The fourth-order valence-electron chi connectivity index (χ4n) is 2.99. The molecule has 90 valence electrons. The summed E-state index contributed by atoms with van der Waals surface area (Å²) in [5.41, 5.74) is 3.63. The average molecular weight is 236 g/mol. The molecule has 0 aliphatic heterocycles. The van der Waals surface area contributed by atoms with Crippen molar-refractivity contribution in [2.75, 3.05) is 11.5 Å². The summed E-state index contributed by atoms with van der Waals surface area (Å²) in [6, 6.07) is 0. The normalized spacial score (nSPS) is 30.6. The number of fused-ring (bicyclic) bond motifs is 1. The van der Waals surface area contributed by atoms with Gasteiger partial charge in [-0.25, -0.2) is 0 Å². The van der Waals surface area contributed by atoms with Crippen molar-refractivity contribution in [3.05, 3.63) is 23.8 Å². The fourth-order valence-corrected chi connectivity index (χ4v) is 3.89. The van der Waals surface area contributed by atoms with Crippen molar-refractivity contribution in [2.24, 2.45) is 17.3 Å².